The van der Waals surface area contributed by atoms with Crippen LogP contribution in [0.5, 0.6) is 0 Å². The van der Waals surface area contributed by atoms with E-state index >= 15 is 0 Å². The van der Waals surface area contributed by atoms with E-state index in [0.717, 1.165) is 5.56 Å². The molecule has 19 N–H and O–H groups in total. The number of hydrogen-bond donors (Lipinski definition) is 12. The third-order valence-electron chi connectivity index (χ3n) is 10.3. The first kappa shape index (κ1) is 54.6. The van der Waals surface area contributed by atoms with Crippen molar-refractivity contribution in [3.05, 3.63) is 101 Å². The maximum Gasteiger partial charge on any atom is 0.243 e. The molecule has 6 amide bonds. The van der Waals surface area contributed by atoms with Gasteiger partial charge >= 0.3 is 0 Å². The van der Waals surface area contributed by atoms with Gasteiger partial charge in [0.1, 0.15) is 36.0 Å². The largest absolute Gasteiger partial charge is 0.370 e. The molecule has 3 rings (SSSR count). The second-order valence-corrected chi connectivity index (χ2v) is 16.5. The van der Waals surface area contributed by atoms with E-state index in [9.17, 15) is 33.2 Å². The fourth-order valence-corrected chi connectivity index (χ4v) is 6.89. The van der Waals surface area contributed by atoms with Gasteiger partial charge < -0.3 is 66.7 Å². The summed E-state index contributed by atoms with van der Waals surface area (Å²) in [7, 11) is 0. The van der Waals surface area contributed by atoms with Gasteiger partial charge in [-0.15, -0.1) is 0 Å². The molecule has 3 aromatic rings. The van der Waals surface area contributed by atoms with Gasteiger partial charge in [0.15, 0.2) is 17.9 Å². The van der Waals surface area contributed by atoms with E-state index in [0.29, 0.717) is 29.7 Å². The molecule has 0 unspecified atom stereocenters. The highest BCUT2D eigenvalue weighted by Gasteiger charge is 2.33. The van der Waals surface area contributed by atoms with E-state index in [-0.39, 0.29) is 81.8 Å². The van der Waals surface area contributed by atoms with Crippen LogP contribution < -0.4 is 66.7 Å². The number of nitrogens with one attached hydrogen (secondary N) is 5. The number of rotatable bonds is 28. The predicted octanol–water partition coefficient (Wildman–Crippen LogP) is -0.789. The van der Waals surface area contributed by atoms with Crippen LogP contribution in [0.4, 0.5) is 10.1 Å². The summed E-state index contributed by atoms with van der Waals surface area (Å²) in [4.78, 5) is 94.4. The highest BCUT2D eigenvalue weighted by molar-refractivity contribution is 5.96. The lowest BCUT2D eigenvalue weighted by atomic mass is 9.99. The highest BCUT2D eigenvalue weighted by atomic mass is 19.1. The topological polar surface area (TPSA) is 382 Å². The van der Waals surface area contributed by atoms with Crippen LogP contribution in [0.15, 0.2) is 93.8 Å². The van der Waals surface area contributed by atoms with Gasteiger partial charge in [0.25, 0.3) is 0 Å². The zero-order valence-corrected chi connectivity index (χ0v) is 38.5. The summed E-state index contributed by atoms with van der Waals surface area (Å²) in [5, 5.41) is 13.6. The van der Waals surface area contributed by atoms with E-state index in [2.05, 4.69) is 41.6 Å². The summed E-state index contributed by atoms with van der Waals surface area (Å²) >= 11 is 0. The highest BCUT2D eigenvalue weighted by Crippen LogP contribution is 2.16. The Balaban J connectivity index is 1.95. The van der Waals surface area contributed by atoms with Crippen molar-refractivity contribution in [3.8, 4) is 0 Å². The average molecular weight is 944 g/mol. The number of halogens is 1. The Morgan fingerprint density at radius 1 is 0.529 bits per heavy atom. The van der Waals surface area contributed by atoms with Crippen LogP contribution in [-0.2, 0) is 48.0 Å². The third-order valence-corrected chi connectivity index (χ3v) is 10.3. The molecule has 0 heterocycles. The number of carbonyl (C=O) groups is 6. The quantitative estimate of drug-likeness (QED) is 0.0242. The lowest BCUT2D eigenvalue weighted by Crippen LogP contribution is -2.59. The summed E-state index contributed by atoms with van der Waals surface area (Å²) in [5.41, 5.74) is 40.9. The fourth-order valence-electron chi connectivity index (χ4n) is 6.89. The van der Waals surface area contributed by atoms with Crippen molar-refractivity contribution in [2.45, 2.75) is 102 Å². The molecule has 0 saturated carbocycles. The molecule has 68 heavy (non-hydrogen) atoms. The summed E-state index contributed by atoms with van der Waals surface area (Å²) in [6.45, 7) is 3.92. The van der Waals surface area contributed by atoms with Gasteiger partial charge in [0, 0.05) is 32.4 Å². The van der Waals surface area contributed by atoms with E-state index in [1.54, 1.807) is 24.3 Å². The van der Waals surface area contributed by atoms with Crippen molar-refractivity contribution in [3.63, 3.8) is 0 Å². The Hall–Kier alpha value is -7.78. The number of nitrogens with zero attached hydrogens (tertiary/aromatic N) is 3. The van der Waals surface area contributed by atoms with Gasteiger partial charge in [-0.25, -0.2) is 9.38 Å². The van der Waals surface area contributed by atoms with Gasteiger partial charge in [-0.3, -0.25) is 38.8 Å². The Labute approximate surface area is 395 Å². The number of aryl methyl sites for hydroxylation is 1. The number of amides is 6. The van der Waals surface area contributed by atoms with E-state index < -0.39 is 71.5 Å². The zero-order valence-electron chi connectivity index (χ0n) is 38.5. The monoisotopic (exact) mass is 944 g/mol. The van der Waals surface area contributed by atoms with Crippen molar-refractivity contribution >= 4 is 59.0 Å². The van der Waals surface area contributed by atoms with Crippen LogP contribution in [0.3, 0.4) is 0 Å². The third kappa shape index (κ3) is 21.0. The predicted molar refractivity (Wildman–Crippen MR) is 259 cm³/mol. The standard InChI is InChI=1S/C46H66FN15O6/c1-27(2)24-35(41(66)60-34(11-7-23-56-45(51)52)40(65)59-33(39(48)64)10-6-22-55-44(49)50)61-43(68)37(26-30-14-19-32(20-15-30)57-46(53)54)62-42(67)36(25-29-12-17-31(47)18-13-29)58-38(63)21-16-28-8-4-3-5-9-28/h3-5,8-9,12-15,17-20,27,33-37H,6-7,10-11,16,21-26H2,1-2H3,(H2,48,64)(H,58,63)(H,59,65)(H,60,66)(H,61,68)(H,62,67)(H4,49,50,55)(H4,51,52,56)(H4,53,54,57)/t33-,34-,35-,36-,37-/m0/s1. The first-order valence-electron chi connectivity index (χ1n) is 22.2. The molecule has 0 fully saturated rings. The molecule has 368 valence electrons. The van der Waals surface area contributed by atoms with E-state index in [4.69, 9.17) is 40.1 Å². The van der Waals surface area contributed by atoms with Crippen LogP contribution >= 0.6 is 0 Å². The molecule has 5 atom stereocenters. The Bertz CT molecular complexity index is 2210. The van der Waals surface area contributed by atoms with Crippen LogP contribution in [0.2, 0.25) is 0 Å². The molecular weight excluding hydrogens is 878 g/mol. The van der Waals surface area contributed by atoms with Crippen molar-refractivity contribution in [1.82, 2.24) is 26.6 Å². The number of primary amides is 1. The van der Waals surface area contributed by atoms with Gasteiger partial charge in [-0.1, -0.05) is 68.4 Å². The average Bonchev–Trinajstić information content (AvgIpc) is 3.27. The molecule has 0 saturated heterocycles. The maximum absolute atomic E-state index is 14.5. The van der Waals surface area contributed by atoms with Crippen molar-refractivity contribution in [2.24, 2.45) is 61.0 Å². The van der Waals surface area contributed by atoms with Crippen LogP contribution in [0.1, 0.15) is 69.1 Å². The molecule has 0 aliphatic heterocycles. The molecule has 0 aliphatic rings. The summed E-state index contributed by atoms with van der Waals surface area (Å²) in [6.07, 6.45) is 0.989. The lowest BCUT2D eigenvalue weighted by Gasteiger charge is -2.28. The number of carbonyl (C=O) groups excluding carboxylic acids is 6. The minimum absolute atomic E-state index is 0.0111. The molecule has 22 heteroatoms. The lowest BCUT2D eigenvalue weighted by molar-refractivity contribution is -0.135. The second kappa shape index (κ2) is 28.3. The minimum Gasteiger partial charge on any atom is -0.370 e. The molecule has 0 spiro atoms. The van der Waals surface area contributed by atoms with Crippen molar-refractivity contribution in [1.29, 1.82) is 0 Å². The normalized spacial score (nSPS) is 13.0. The van der Waals surface area contributed by atoms with Crippen molar-refractivity contribution in [2.75, 3.05) is 13.1 Å². The molecule has 21 nitrogen and oxygen atoms in total. The van der Waals surface area contributed by atoms with Gasteiger partial charge in [-0.05, 0) is 85.4 Å². The van der Waals surface area contributed by atoms with Gasteiger partial charge in [0.2, 0.25) is 35.4 Å². The molecule has 0 aliphatic carbocycles. The Kier molecular flexibility index (Phi) is 22.7. The number of benzene rings is 3. The number of hydrogen-bond acceptors (Lipinski definition) is 9. The SMILES string of the molecule is CC(C)C[C@H](NC(=O)[C@H](Cc1ccc(N=C(N)N)cc1)NC(=O)[C@H](Cc1ccc(F)cc1)NC(=O)CCc1ccccc1)C(=O)N[C@@H](CCCN=C(N)N)C(=O)N[C@@H](CCCN=C(N)N)C(N)=O. The Morgan fingerprint density at radius 2 is 0.985 bits per heavy atom. The van der Waals surface area contributed by atoms with E-state index in [1.807, 2.05) is 44.2 Å². The van der Waals surface area contributed by atoms with Crippen molar-refractivity contribution < 1.29 is 33.2 Å². The second-order valence-electron chi connectivity index (χ2n) is 16.5. The fraction of sp³-hybridized carbons (Fsp3) is 0.413. The number of guanidine groups is 3. The number of aliphatic imine (C=N–C) groups is 3. The van der Waals surface area contributed by atoms with Gasteiger partial charge in [0.05, 0.1) is 5.69 Å². The van der Waals surface area contributed by atoms with Crippen LogP contribution in [-0.4, -0.2) is 96.6 Å². The summed E-state index contributed by atoms with van der Waals surface area (Å²) in [6, 6.07) is 15.1. The first-order chi connectivity index (χ1) is 32.3. The molecule has 3 aromatic carbocycles. The first-order valence-corrected chi connectivity index (χ1v) is 22.2. The molecular formula is C46H66FN15O6. The van der Waals surface area contributed by atoms with Crippen LogP contribution in [0.25, 0.3) is 0 Å². The summed E-state index contributed by atoms with van der Waals surface area (Å²) < 4.78 is 13.9. The van der Waals surface area contributed by atoms with E-state index in [1.165, 1.54) is 24.3 Å². The number of nitrogens with two attached hydrogens (primary N) is 7. The molecule has 0 aromatic heterocycles. The van der Waals surface area contributed by atoms with Gasteiger partial charge in [-0.2, -0.15) is 0 Å². The zero-order chi connectivity index (χ0) is 50.2. The molecule has 0 bridgehead atoms. The summed E-state index contributed by atoms with van der Waals surface area (Å²) in [5.74, 6) is -5.42. The van der Waals surface area contributed by atoms with Crippen LogP contribution in [0, 0.1) is 11.7 Å². The smallest absolute Gasteiger partial charge is 0.243 e. The molecule has 0 radical (unpaired) electrons. The Morgan fingerprint density at radius 3 is 1.50 bits per heavy atom. The maximum atomic E-state index is 14.5. The minimum atomic E-state index is -1.34.